The molecule has 2 rings (SSSR count). The molecule has 0 unspecified atom stereocenters. The van der Waals surface area contributed by atoms with Gasteiger partial charge >= 0.3 is 0 Å². The Morgan fingerprint density at radius 3 is 2.31 bits per heavy atom. The molecule has 0 saturated heterocycles. The second-order valence-corrected chi connectivity index (χ2v) is 5.29. The third kappa shape index (κ3) is 2.13. The highest BCUT2D eigenvalue weighted by Gasteiger charge is 2.09. The quantitative estimate of drug-likeness (QED) is 0.829. The molecule has 0 aliphatic rings. The molecule has 0 N–H and O–H groups in total. The Bertz CT molecular complexity index is 498. The number of rotatable bonds is 2. The van der Waals surface area contributed by atoms with Crippen molar-refractivity contribution in [1.82, 2.24) is 4.98 Å². The number of nitrogens with zero attached hydrogens (tertiary/aromatic N) is 1. The third-order valence-corrected chi connectivity index (χ3v) is 3.99. The monoisotopic (exact) mass is 297 g/mol. The minimum absolute atomic E-state index is 0.888. The van der Waals surface area contributed by atoms with E-state index in [-0.39, 0.29) is 0 Å². The Kier molecular flexibility index (Phi) is 3.30. The molecule has 0 atom stereocenters. The highest BCUT2D eigenvalue weighted by atomic mass is 79.9. The molecule has 4 heteroatoms. The average molecular weight is 298 g/mol. The summed E-state index contributed by atoms with van der Waals surface area (Å²) in [5.74, 6) is 0.958. The van der Waals surface area contributed by atoms with Crippen LogP contribution in [0, 0.1) is 13.8 Å². The van der Waals surface area contributed by atoms with Crippen LogP contribution in [0.3, 0.4) is 0 Å². The van der Waals surface area contributed by atoms with E-state index < -0.39 is 0 Å². The first-order valence-corrected chi connectivity index (χ1v) is 6.55. The summed E-state index contributed by atoms with van der Waals surface area (Å²) >= 11 is 5.00. The van der Waals surface area contributed by atoms with Gasteiger partial charge in [-0.2, -0.15) is 0 Å². The number of benzene rings is 1. The highest BCUT2D eigenvalue weighted by Crippen LogP contribution is 2.32. The van der Waals surface area contributed by atoms with Gasteiger partial charge in [-0.05, 0) is 53.0 Å². The van der Waals surface area contributed by atoms with E-state index in [1.807, 2.05) is 5.38 Å². The first-order valence-electron chi connectivity index (χ1n) is 4.88. The van der Waals surface area contributed by atoms with Gasteiger partial charge in [-0.3, -0.25) is 0 Å². The van der Waals surface area contributed by atoms with E-state index in [0.717, 1.165) is 32.1 Å². The number of ether oxygens (including phenoxy) is 1. The number of thiazole rings is 1. The Morgan fingerprint density at radius 2 is 1.88 bits per heavy atom. The fourth-order valence-corrected chi connectivity index (χ4v) is 3.02. The molecule has 16 heavy (non-hydrogen) atoms. The van der Waals surface area contributed by atoms with E-state index in [4.69, 9.17) is 4.74 Å². The molecule has 0 amide bonds. The molecule has 0 radical (unpaired) electrons. The lowest BCUT2D eigenvalue weighted by molar-refractivity contribution is 0.408. The van der Waals surface area contributed by atoms with Crippen LogP contribution in [0.2, 0.25) is 0 Å². The van der Waals surface area contributed by atoms with Gasteiger partial charge in [0.25, 0.3) is 0 Å². The van der Waals surface area contributed by atoms with Crippen LogP contribution in [-0.4, -0.2) is 12.1 Å². The number of methoxy groups -OCH3 is 1. The lowest BCUT2D eigenvalue weighted by atomic mass is 10.1. The van der Waals surface area contributed by atoms with Crippen LogP contribution in [0.5, 0.6) is 5.75 Å². The molecule has 0 aliphatic heterocycles. The molecule has 84 valence electrons. The standard InChI is InChI=1S/C12H12BrNOS/c1-7-4-9(5-8(2)11(7)15-3)12-14-10(13)6-16-12/h4-6H,1-3H3. The zero-order valence-corrected chi connectivity index (χ0v) is 11.8. The van der Waals surface area contributed by atoms with Crippen LogP contribution in [0.15, 0.2) is 22.1 Å². The fraction of sp³-hybridized carbons (Fsp3) is 0.250. The van der Waals surface area contributed by atoms with Crippen molar-refractivity contribution in [2.24, 2.45) is 0 Å². The topological polar surface area (TPSA) is 22.1 Å². The van der Waals surface area contributed by atoms with E-state index in [9.17, 15) is 0 Å². The molecular formula is C12H12BrNOS. The summed E-state index contributed by atoms with van der Waals surface area (Å²) in [6.07, 6.45) is 0. The van der Waals surface area contributed by atoms with Crippen LogP contribution < -0.4 is 4.74 Å². The summed E-state index contributed by atoms with van der Waals surface area (Å²) in [7, 11) is 1.70. The third-order valence-electron chi connectivity index (χ3n) is 2.39. The van der Waals surface area contributed by atoms with Crippen LogP contribution in [-0.2, 0) is 0 Å². The van der Waals surface area contributed by atoms with E-state index in [1.54, 1.807) is 18.4 Å². The van der Waals surface area contributed by atoms with Crippen molar-refractivity contribution >= 4 is 27.3 Å². The predicted molar refractivity (Wildman–Crippen MR) is 71.3 cm³/mol. The number of hydrogen-bond donors (Lipinski definition) is 0. The Labute approximate surface area is 107 Å². The predicted octanol–water partition coefficient (Wildman–Crippen LogP) is 4.20. The summed E-state index contributed by atoms with van der Waals surface area (Å²) in [4.78, 5) is 4.41. The van der Waals surface area contributed by atoms with Crippen molar-refractivity contribution in [3.8, 4) is 16.3 Å². The van der Waals surface area contributed by atoms with Gasteiger partial charge in [0, 0.05) is 10.9 Å². The van der Waals surface area contributed by atoms with Crippen molar-refractivity contribution in [1.29, 1.82) is 0 Å². The molecule has 1 heterocycles. The van der Waals surface area contributed by atoms with Crippen molar-refractivity contribution in [3.63, 3.8) is 0 Å². The SMILES string of the molecule is COc1c(C)cc(-c2nc(Br)cs2)cc1C. The summed E-state index contributed by atoms with van der Waals surface area (Å²) in [5, 5.41) is 3.02. The summed E-state index contributed by atoms with van der Waals surface area (Å²) in [6, 6.07) is 4.22. The zero-order valence-electron chi connectivity index (χ0n) is 9.37. The van der Waals surface area contributed by atoms with Crippen LogP contribution in [0.1, 0.15) is 11.1 Å². The molecule has 2 aromatic rings. The minimum atomic E-state index is 0.888. The van der Waals surface area contributed by atoms with Gasteiger partial charge in [0.1, 0.15) is 15.4 Å². The van der Waals surface area contributed by atoms with Crippen LogP contribution >= 0.6 is 27.3 Å². The number of aromatic nitrogens is 1. The first kappa shape index (κ1) is 11.6. The molecule has 2 nitrogen and oxygen atoms in total. The van der Waals surface area contributed by atoms with Crippen LogP contribution in [0.25, 0.3) is 10.6 Å². The molecule has 1 aromatic carbocycles. The maximum Gasteiger partial charge on any atom is 0.124 e. The maximum absolute atomic E-state index is 5.35. The van der Waals surface area contributed by atoms with Gasteiger partial charge in [0.15, 0.2) is 0 Å². The van der Waals surface area contributed by atoms with Gasteiger partial charge in [-0.1, -0.05) is 0 Å². The van der Waals surface area contributed by atoms with Crippen molar-refractivity contribution < 1.29 is 4.74 Å². The van der Waals surface area contributed by atoms with E-state index in [0.29, 0.717) is 0 Å². The van der Waals surface area contributed by atoms with Gasteiger partial charge in [0.05, 0.1) is 7.11 Å². The molecule has 0 saturated carbocycles. The van der Waals surface area contributed by atoms with Crippen molar-refractivity contribution in [3.05, 3.63) is 33.2 Å². The van der Waals surface area contributed by atoms with Gasteiger partial charge in [0.2, 0.25) is 0 Å². The van der Waals surface area contributed by atoms with Crippen LogP contribution in [0.4, 0.5) is 0 Å². The first-order chi connectivity index (χ1) is 7.61. The maximum atomic E-state index is 5.35. The molecule has 0 aliphatic carbocycles. The highest BCUT2D eigenvalue weighted by molar-refractivity contribution is 9.10. The van der Waals surface area contributed by atoms with Gasteiger partial charge in [-0.25, -0.2) is 4.98 Å². The number of hydrogen-bond acceptors (Lipinski definition) is 3. The molecule has 0 spiro atoms. The summed E-state index contributed by atoms with van der Waals surface area (Å²) in [5.41, 5.74) is 3.43. The van der Waals surface area contributed by atoms with E-state index in [1.165, 1.54) is 0 Å². The second-order valence-electron chi connectivity index (χ2n) is 3.62. The van der Waals surface area contributed by atoms with Crippen molar-refractivity contribution in [2.75, 3.05) is 7.11 Å². The largest absolute Gasteiger partial charge is 0.496 e. The normalized spacial score (nSPS) is 10.5. The summed E-state index contributed by atoms with van der Waals surface area (Å²) in [6.45, 7) is 4.11. The average Bonchev–Trinajstić information content (AvgIpc) is 2.64. The minimum Gasteiger partial charge on any atom is -0.496 e. The van der Waals surface area contributed by atoms with Gasteiger partial charge in [-0.15, -0.1) is 11.3 Å². The zero-order chi connectivity index (χ0) is 11.7. The Balaban J connectivity index is 2.52. The molecule has 0 bridgehead atoms. The lowest BCUT2D eigenvalue weighted by Gasteiger charge is -2.09. The molecule has 1 aromatic heterocycles. The number of halogens is 1. The molecule has 0 fully saturated rings. The van der Waals surface area contributed by atoms with E-state index >= 15 is 0 Å². The molecular weight excluding hydrogens is 286 g/mol. The second kappa shape index (κ2) is 4.55. The fourth-order valence-electron chi connectivity index (χ4n) is 1.78. The van der Waals surface area contributed by atoms with Gasteiger partial charge < -0.3 is 4.74 Å². The number of aryl methyl sites for hydroxylation is 2. The van der Waals surface area contributed by atoms with Crippen molar-refractivity contribution in [2.45, 2.75) is 13.8 Å². The smallest absolute Gasteiger partial charge is 0.124 e. The Hall–Kier alpha value is -0.870. The summed E-state index contributed by atoms with van der Waals surface area (Å²) < 4.78 is 6.23. The van der Waals surface area contributed by atoms with E-state index in [2.05, 4.69) is 46.9 Å². The lowest BCUT2D eigenvalue weighted by Crippen LogP contribution is -1.91. The Morgan fingerprint density at radius 1 is 1.25 bits per heavy atom.